The summed E-state index contributed by atoms with van der Waals surface area (Å²) in [4.78, 5) is 29.4. The Bertz CT molecular complexity index is 820. The van der Waals surface area contributed by atoms with Gasteiger partial charge < -0.3 is 10.4 Å². The summed E-state index contributed by atoms with van der Waals surface area (Å²) in [6.07, 6.45) is 1.83. The normalized spacial score (nSPS) is 18.9. The maximum absolute atomic E-state index is 13.7. The fourth-order valence-corrected chi connectivity index (χ4v) is 4.03. The number of hydrogen-bond acceptors (Lipinski definition) is 5. The van der Waals surface area contributed by atoms with Gasteiger partial charge in [0.25, 0.3) is 5.91 Å². The molecule has 6 nitrogen and oxygen atoms in total. The van der Waals surface area contributed by atoms with E-state index in [0.29, 0.717) is 29.2 Å². The van der Waals surface area contributed by atoms with Crippen molar-refractivity contribution >= 4 is 23.2 Å². The predicted octanol–water partition coefficient (Wildman–Crippen LogP) is 2.54. The van der Waals surface area contributed by atoms with Crippen molar-refractivity contribution in [1.29, 1.82) is 0 Å². The summed E-state index contributed by atoms with van der Waals surface area (Å²) >= 11 is 1.34. The lowest BCUT2D eigenvalue weighted by Gasteiger charge is -2.42. The largest absolute Gasteiger partial charge is 0.480 e. The number of carboxylic acids is 1. The van der Waals surface area contributed by atoms with Crippen LogP contribution in [-0.2, 0) is 11.2 Å². The Balaban J connectivity index is 1.51. The molecule has 0 bridgehead atoms. The summed E-state index contributed by atoms with van der Waals surface area (Å²) in [5, 5.41) is 14.2. The predicted molar refractivity (Wildman–Crippen MR) is 100 cm³/mol. The van der Waals surface area contributed by atoms with E-state index in [2.05, 4.69) is 10.3 Å². The average Bonchev–Trinajstić information content (AvgIpc) is 3.06. The van der Waals surface area contributed by atoms with Crippen molar-refractivity contribution in [3.05, 3.63) is 51.7 Å². The maximum Gasteiger partial charge on any atom is 0.317 e. The number of carbonyl (C=O) groups is 2. The molecule has 27 heavy (non-hydrogen) atoms. The topological polar surface area (TPSA) is 82.5 Å². The van der Waals surface area contributed by atoms with E-state index < -0.39 is 5.97 Å². The van der Waals surface area contributed by atoms with Gasteiger partial charge in [-0.05, 0) is 31.0 Å². The second-order valence-corrected chi connectivity index (χ2v) is 7.59. The quantitative estimate of drug-likeness (QED) is 0.723. The minimum atomic E-state index is -0.839. The number of halogens is 1. The van der Waals surface area contributed by atoms with E-state index in [1.807, 2.05) is 11.8 Å². The number of nitrogens with zero attached hydrogens (tertiary/aromatic N) is 2. The van der Waals surface area contributed by atoms with Crippen LogP contribution >= 0.6 is 11.3 Å². The number of hydrogen-bond donors (Lipinski definition) is 2. The first-order valence-corrected chi connectivity index (χ1v) is 9.78. The molecule has 0 unspecified atom stereocenters. The van der Waals surface area contributed by atoms with E-state index in [-0.39, 0.29) is 30.4 Å². The first kappa shape index (κ1) is 19.4. The molecule has 0 atom stereocenters. The van der Waals surface area contributed by atoms with Crippen LogP contribution < -0.4 is 5.32 Å². The Morgan fingerprint density at radius 1 is 1.37 bits per heavy atom. The highest BCUT2D eigenvalue weighted by Gasteiger charge is 2.35. The number of amides is 1. The van der Waals surface area contributed by atoms with Crippen LogP contribution in [0, 0.1) is 5.82 Å². The number of thiazole rings is 1. The van der Waals surface area contributed by atoms with Crippen molar-refractivity contribution in [2.75, 3.05) is 13.1 Å². The van der Waals surface area contributed by atoms with Crippen LogP contribution in [0.2, 0.25) is 0 Å². The maximum atomic E-state index is 13.7. The van der Waals surface area contributed by atoms with Crippen LogP contribution in [0.1, 0.15) is 40.8 Å². The zero-order valence-corrected chi connectivity index (χ0v) is 15.8. The second kappa shape index (κ2) is 8.58. The number of carboxylic acid groups (broad SMARTS) is 1. The van der Waals surface area contributed by atoms with Gasteiger partial charge in [-0.3, -0.25) is 14.5 Å². The third kappa shape index (κ3) is 4.90. The van der Waals surface area contributed by atoms with E-state index in [1.165, 1.54) is 17.4 Å². The molecule has 1 aromatic heterocycles. The Labute approximate surface area is 161 Å². The minimum Gasteiger partial charge on any atom is -0.480 e. The van der Waals surface area contributed by atoms with Gasteiger partial charge in [-0.2, -0.15) is 0 Å². The summed E-state index contributed by atoms with van der Waals surface area (Å²) < 4.78 is 13.7. The number of aromatic nitrogens is 1. The molecule has 0 radical (unpaired) electrons. The van der Waals surface area contributed by atoms with E-state index in [9.17, 15) is 14.0 Å². The fraction of sp³-hybridized carbons (Fsp3) is 0.421. The van der Waals surface area contributed by atoms with Gasteiger partial charge in [0, 0.05) is 23.9 Å². The molecule has 1 aliphatic carbocycles. The lowest BCUT2D eigenvalue weighted by Crippen LogP contribution is -2.54. The van der Waals surface area contributed by atoms with E-state index in [1.54, 1.807) is 23.6 Å². The molecule has 1 aliphatic rings. The molecule has 2 N–H and O–H groups in total. The van der Waals surface area contributed by atoms with Crippen molar-refractivity contribution in [1.82, 2.24) is 15.2 Å². The van der Waals surface area contributed by atoms with Crippen molar-refractivity contribution < 1.29 is 19.1 Å². The van der Waals surface area contributed by atoms with Crippen LogP contribution in [0.25, 0.3) is 0 Å². The smallest absolute Gasteiger partial charge is 0.317 e. The standard InChI is InChI=1S/C19H22FN3O3S/c1-2-23(10-18(24)25)14-8-13(9-14)21-19(26)16-11-27-17(22-16)7-12-5-3-4-6-15(12)20/h3-6,11,13-14H,2,7-10H2,1H3,(H,21,26)(H,24,25). The third-order valence-electron chi connectivity index (χ3n) is 4.79. The average molecular weight is 391 g/mol. The zero-order chi connectivity index (χ0) is 19.4. The second-order valence-electron chi connectivity index (χ2n) is 6.65. The monoisotopic (exact) mass is 391 g/mol. The molecule has 3 rings (SSSR count). The summed E-state index contributed by atoms with van der Waals surface area (Å²) in [6, 6.07) is 6.75. The number of nitrogens with one attached hydrogen (secondary N) is 1. The molecule has 0 aliphatic heterocycles. The molecule has 0 saturated heterocycles. The fourth-order valence-electron chi connectivity index (χ4n) is 3.24. The molecular weight excluding hydrogens is 369 g/mol. The molecule has 0 spiro atoms. The Kier molecular flexibility index (Phi) is 6.18. The van der Waals surface area contributed by atoms with Crippen LogP contribution in [0.4, 0.5) is 4.39 Å². The van der Waals surface area contributed by atoms with Gasteiger partial charge in [-0.15, -0.1) is 11.3 Å². The molecule has 1 amide bonds. The van der Waals surface area contributed by atoms with E-state index in [0.717, 1.165) is 12.8 Å². The van der Waals surface area contributed by atoms with Crippen LogP contribution in [-0.4, -0.2) is 52.0 Å². The van der Waals surface area contributed by atoms with Crippen molar-refractivity contribution in [2.24, 2.45) is 0 Å². The van der Waals surface area contributed by atoms with Gasteiger partial charge in [0.1, 0.15) is 11.5 Å². The van der Waals surface area contributed by atoms with Crippen molar-refractivity contribution in [3.8, 4) is 0 Å². The number of rotatable bonds is 8. The van der Waals surface area contributed by atoms with E-state index >= 15 is 0 Å². The highest BCUT2D eigenvalue weighted by atomic mass is 32.1. The Morgan fingerprint density at radius 2 is 2.11 bits per heavy atom. The minimum absolute atomic E-state index is 0.0212. The number of carbonyl (C=O) groups excluding carboxylic acids is 1. The first-order valence-electron chi connectivity index (χ1n) is 8.90. The van der Waals surface area contributed by atoms with Crippen molar-refractivity contribution in [3.63, 3.8) is 0 Å². The summed E-state index contributed by atoms with van der Waals surface area (Å²) in [5.74, 6) is -1.36. The Hall–Kier alpha value is -2.32. The molecule has 1 aromatic carbocycles. The molecule has 144 valence electrons. The lowest BCUT2D eigenvalue weighted by atomic mass is 9.85. The first-order chi connectivity index (χ1) is 13.0. The summed E-state index contributed by atoms with van der Waals surface area (Å²) in [6.45, 7) is 2.62. The third-order valence-corrected chi connectivity index (χ3v) is 5.64. The lowest BCUT2D eigenvalue weighted by molar-refractivity contribution is -0.139. The Morgan fingerprint density at radius 3 is 2.78 bits per heavy atom. The molecule has 2 aromatic rings. The van der Waals surface area contributed by atoms with Crippen LogP contribution in [0.15, 0.2) is 29.6 Å². The van der Waals surface area contributed by atoms with Gasteiger partial charge in [0.2, 0.25) is 0 Å². The molecule has 8 heteroatoms. The van der Waals surface area contributed by atoms with Crippen LogP contribution in [0.5, 0.6) is 0 Å². The zero-order valence-electron chi connectivity index (χ0n) is 15.0. The highest BCUT2D eigenvalue weighted by molar-refractivity contribution is 7.09. The van der Waals surface area contributed by atoms with Gasteiger partial charge in [-0.1, -0.05) is 25.1 Å². The van der Waals surface area contributed by atoms with Crippen LogP contribution in [0.3, 0.4) is 0 Å². The number of benzene rings is 1. The molecular formula is C19H22FN3O3S. The van der Waals surface area contributed by atoms with Gasteiger partial charge in [-0.25, -0.2) is 9.37 Å². The summed E-state index contributed by atoms with van der Waals surface area (Å²) in [7, 11) is 0. The number of likely N-dealkylation sites (N-methyl/N-ethyl adjacent to an activating group) is 1. The highest BCUT2D eigenvalue weighted by Crippen LogP contribution is 2.26. The van der Waals surface area contributed by atoms with Crippen molar-refractivity contribution in [2.45, 2.75) is 38.3 Å². The van der Waals surface area contributed by atoms with Gasteiger partial charge in [0.15, 0.2) is 0 Å². The number of aliphatic carboxylic acids is 1. The van der Waals surface area contributed by atoms with Gasteiger partial charge in [0.05, 0.1) is 11.6 Å². The molecule has 1 heterocycles. The molecule has 1 fully saturated rings. The summed E-state index contributed by atoms with van der Waals surface area (Å²) in [5.41, 5.74) is 0.895. The molecule has 1 saturated carbocycles. The SMILES string of the molecule is CCN(CC(=O)O)C1CC(NC(=O)c2csc(Cc3ccccc3F)n2)C1. The van der Waals surface area contributed by atoms with Gasteiger partial charge >= 0.3 is 5.97 Å². The van der Waals surface area contributed by atoms with E-state index in [4.69, 9.17) is 5.11 Å².